The minimum absolute atomic E-state index is 0.0825. The number of fused-ring (bicyclic) bond motifs is 1. The number of halogens is 2. The molecule has 2 aromatic rings. The van der Waals surface area contributed by atoms with Crippen molar-refractivity contribution in [3.63, 3.8) is 0 Å². The summed E-state index contributed by atoms with van der Waals surface area (Å²) >= 11 is 5.65. The van der Waals surface area contributed by atoms with E-state index >= 15 is 0 Å². The largest absolute Gasteiger partial charge is 0.244 e. The summed E-state index contributed by atoms with van der Waals surface area (Å²) in [5.41, 5.74) is 1.31. The van der Waals surface area contributed by atoms with E-state index in [4.69, 9.17) is 11.6 Å². The van der Waals surface area contributed by atoms with Gasteiger partial charge in [0, 0.05) is 12.6 Å². The van der Waals surface area contributed by atoms with Crippen molar-refractivity contribution in [1.82, 2.24) is 15.0 Å². The van der Waals surface area contributed by atoms with Crippen LogP contribution < -0.4 is 0 Å². The molecule has 5 heteroatoms. The normalized spacial score (nSPS) is 11.5. The van der Waals surface area contributed by atoms with Crippen molar-refractivity contribution in [3.8, 4) is 0 Å². The number of benzene rings is 1. The van der Waals surface area contributed by atoms with Crippen LogP contribution in [0.3, 0.4) is 0 Å². The van der Waals surface area contributed by atoms with Gasteiger partial charge in [0.05, 0.1) is 10.5 Å². The standard InChI is InChI=1S/C10H11ClFN3/c1-6(2)5-15-10-4-8(12)7(11)3-9(10)13-14-15/h3-4,6H,5H2,1-2H3. The molecule has 80 valence electrons. The minimum atomic E-state index is -0.434. The van der Waals surface area contributed by atoms with Crippen molar-refractivity contribution in [2.24, 2.45) is 5.92 Å². The second kappa shape index (κ2) is 3.77. The average molecular weight is 228 g/mol. The Morgan fingerprint density at radius 3 is 2.87 bits per heavy atom. The molecule has 0 amide bonds. The quantitative estimate of drug-likeness (QED) is 0.790. The lowest BCUT2D eigenvalue weighted by molar-refractivity contribution is 0.482. The highest BCUT2D eigenvalue weighted by Gasteiger charge is 2.09. The number of hydrogen-bond donors (Lipinski definition) is 0. The predicted molar refractivity (Wildman–Crippen MR) is 57.3 cm³/mol. The third-order valence-electron chi connectivity index (χ3n) is 2.09. The average Bonchev–Trinajstić information content (AvgIpc) is 2.49. The molecule has 1 heterocycles. The summed E-state index contributed by atoms with van der Waals surface area (Å²) in [6.45, 7) is 4.86. The van der Waals surface area contributed by atoms with Crippen LogP contribution in [0.2, 0.25) is 5.02 Å². The van der Waals surface area contributed by atoms with Gasteiger partial charge in [0.15, 0.2) is 0 Å². The molecule has 0 radical (unpaired) electrons. The number of nitrogens with zero attached hydrogens (tertiary/aromatic N) is 3. The van der Waals surface area contributed by atoms with Gasteiger partial charge in [0.1, 0.15) is 11.3 Å². The highest BCUT2D eigenvalue weighted by atomic mass is 35.5. The van der Waals surface area contributed by atoms with Gasteiger partial charge in [-0.15, -0.1) is 5.10 Å². The minimum Gasteiger partial charge on any atom is -0.244 e. The van der Waals surface area contributed by atoms with E-state index in [9.17, 15) is 4.39 Å². The Morgan fingerprint density at radius 1 is 1.47 bits per heavy atom. The highest BCUT2D eigenvalue weighted by Crippen LogP contribution is 2.21. The van der Waals surface area contributed by atoms with Crippen LogP contribution in [0.15, 0.2) is 12.1 Å². The third-order valence-corrected chi connectivity index (χ3v) is 2.38. The van der Waals surface area contributed by atoms with Gasteiger partial charge in [0.2, 0.25) is 0 Å². The Kier molecular flexibility index (Phi) is 2.61. The Labute approximate surface area is 91.8 Å². The summed E-state index contributed by atoms with van der Waals surface area (Å²) in [6, 6.07) is 2.87. The number of hydrogen-bond acceptors (Lipinski definition) is 2. The van der Waals surface area contributed by atoms with E-state index in [0.29, 0.717) is 17.0 Å². The van der Waals surface area contributed by atoms with Crippen molar-refractivity contribution in [2.45, 2.75) is 20.4 Å². The first kappa shape index (κ1) is 10.4. The summed E-state index contributed by atoms with van der Waals surface area (Å²) < 4.78 is 14.9. The van der Waals surface area contributed by atoms with E-state index in [1.165, 1.54) is 12.1 Å². The SMILES string of the molecule is CC(C)Cn1nnc2cc(Cl)c(F)cc21. The molecular formula is C10H11ClFN3. The summed E-state index contributed by atoms with van der Waals surface area (Å²) in [6.07, 6.45) is 0. The third kappa shape index (κ3) is 1.95. The van der Waals surface area contributed by atoms with E-state index in [1.54, 1.807) is 4.68 Å². The molecule has 0 aliphatic rings. The molecule has 0 unspecified atom stereocenters. The van der Waals surface area contributed by atoms with E-state index in [2.05, 4.69) is 24.2 Å². The lowest BCUT2D eigenvalue weighted by Gasteiger charge is -2.04. The maximum Gasteiger partial charge on any atom is 0.144 e. The molecule has 0 fully saturated rings. The van der Waals surface area contributed by atoms with Gasteiger partial charge in [-0.3, -0.25) is 0 Å². The molecule has 0 spiro atoms. The van der Waals surface area contributed by atoms with E-state index in [-0.39, 0.29) is 5.02 Å². The van der Waals surface area contributed by atoms with Crippen molar-refractivity contribution < 1.29 is 4.39 Å². The van der Waals surface area contributed by atoms with Gasteiger partial charge < -0.3 is 0 Å². The molecule has 0 saturated heterocycles. The van der Waals surface area contributed by atoms with Gasteiger partial charge >= 0.3 is 0 Å². The van der Waals surface area contributed by atoms with Crippen LogP contribution in [-0.2, 0) is 6.54 Å². The first-order valence-electron chi connectivity index (χ1n) is 4.76. The van der Waals surface area contributed by atoms with Crippen LogP contribution in [0, 0.1) is 11.7 Å². The molecule has 1 aromatic carbocycles. The topological polar surface area (TPSA) is 30.7 Å². The second-order valence-electron chi connectivity index (χ2n) is 3.92. The fraction of sp³-hybridized carbons (Fsp3) is 0.400. The summed E-state index contributed by atoms with van der Waals surface area (Å²) in [5.74, 6) is 0.00473. The fourth-order valence-corrected chi connectivity index (χ4v) is 1.60. The van der Waals surface area contributed by atoms with Crippen LogP contribution in [-0.4, -0.2) is 15.0 Å². The predicted octanol–water partition coefficient (Wildman–Crippen LogP) is 2.88. The van der Waals surface area contributed by atoms with Crippen LogP contribution in [0.1, 0.15) is 13.8 Å². The van der Waals surface area contributed by atoms with Crippen LogP contribution in [0.25, 0.3) is 11.0 Å². The van der Waals surface area contributed by atoms with Crippen LogP contribution >= 0.6 is 11.6 Å². The van der Waals surface area contributed by atoms with Gasteiger partial charge in [-0.1, -0.05) is 30.7 Å². The van der Waals surface area contributed by atoms with E-state index in [0.717, 1.165) is 6.54 Å². The van der Waals surface area contributed by atoms with E-state index in [1.807, 2.05) is 0 Å². The van der Waals surface area contributed by atoms with Crippen molar-refractivity contribution >= 4 is 22.6 Å². The number of rotatable bonds is 2. The maximum atomic E-state index is 13.2. The van der Waals surface area contributed by atoms with Crippen molar-refractivity contribution in [3.05, 3.63) is 23.0 Å². The zero-order valence-electron chi connectivity index (χ0n) is 8.54. The monoisotopic (exact) mass is 227 g/mol. The first-order chi connectivity index (χ1) is 7.08. The zero-order chi connectivity index (χ0) is 11.0. The molecule has 0 N–H and O–H groups in total. The number of aromatic nitrogens is 3. The summed E-state index contributed by atoms with van der Waals surface area (Å²) in [5, 5.41) is 7.98. The molecule has 0 aliphatic heterocycles. The second-order valence-corrected chi connectivity index (χ2v) is 4.33. The molecule has 2 rings (SSSR count). The maximum absolute atomic E-state index is 13.2. The first-order valence-corrected chi connectivity index (χ1v) is 5.14. The van der Waals surface area contributed by atoms with Gasteiger partial charge in [-0.2, -0.15) is 0 Å². The van der Waals surface area contributed by atoms with Crippen LogP contribution in [0.4, 0.5) is 4.39 Å². The molecule has 0 saturated carbocycles. The smallest absolute Gasteiger partial charge is 0.144 e. The van der Waals surface area contributed by atoms with Gasteiger partial charge in [0.25, 0.3) is 0 Å². The van der Waals surface area contributed by atoms with Gasteiger partial charge in [-0.05, 0) is 12.0 Å². The Hall–Kier alpha value is -1.16. The van der Waals surface area contributed by atoms with E-state index < -0.39 is 5.82 Å². The van der Waals surface area contributed by atoms with Crippen molar-refractivity contribution in [2.75, 3.05) is 0 Å². The Bertz CT molecular complexity index is 493. The van der Waals surface area contributed by atoms with Crippen LogP contribution in [0.5, 0.6) is 0 Å². The highest BCUT2D eigenvalue weighted by molar-refractivity contribution is 6.31. The molecule has 1 aromatic heterocycles. The fourth-order valence-electron chi connectivity index (χ4n) is 1.44. The summed E-state index contributed by atoms with van der Waals surface area (Å²) in [4.78, 5) is 0. The van der Waals surface area contributed by atoms with Gasteiger partial charge in [-0.25, -0.2) is 9.07 Å². The summed E-state index contributed by atoms with van der Waals surface area (Å²) in [7, 11) is 0. The molecule has 15 heavy (non-hydrogen) atoms. The molecule has 0 atom stereocenters. The molecular weight excluding hydrogens is 217 g/mol. The zero-order valence-corrected chi connectivity index (χ0v) is 9.29. The lowest BCUT2D eigenvalue weighted by atomic mass is 10.2. The lowest BCUT2D eigenvalue weighted by Crippen LogP contribution is -2.06. The Balaban J connectivity index is 2.54. The molecule has 0 aliphatic carbocycles. The molecule has 0 bridgehead atoms. The van der Waals surface area contributed by atoms with Crippen molar-refractivity contribution in [1.29, 1.82) is 0 Å². The Morgan fingerprint density at radius 2 is 2.20 bits per heavy atom. The molecule has 3 nitrogen and oxygen atoms in total.